The van der Waals surface area contributed by atoms with Crippen LogP contribution in [0.25, 0.3) is 0 Å². The topological polar surface area (TPSA) is 99.7 Å². The maximum absolute atomic E-state index is 12.5. The zero-order valence-corrected chi connectivity index (χ0v) is 19.9. The van der Waals surface area contributed by atoms with Crippen LogP contribution in [0.3, 0.4) is 0 Å². The molecule has 4 N–H and O–H groups in total. The highest BCUT2D eigenvalue weighted by Gasteiger charge is 2.30. The number of nitrogens with one attached hydrogen (secondary N) is 4. The summed E-state index contributed by atoms with van der Waals surface area (Å²) in [6.07, 6.45) is -3.37. The summed E-state index contributed by atoms with van der Waals surface area (Å²) in [7, 11) is 1.63. The van der Waals surface area contributed by atoms with Crippen molar-refractivity contribution in [1.29, 1.82) is 0 Å². The van der Waals surface area contributed by atoms with Crippen molar-refractivity contribution in [3.8, 4) is 0 Å². The number of aromatic nitrogens is 1. The smallest absolute Gasteiger partial charge is 0.417 e. The summed E-state index contributed by atoms with van der Waals surface area (Å²) in [4.78, 5) is 19.3. The Bertz CT molecular complexity index is 663. The molecular weight excluding hydrogens is 516 g/mol. The first-order valence-corrected chi connectivity index (χ1v) is 9.20. The standard InChI is InChI=1S/C18H29F3N6O2.HI/c1-17(2,3)29-16(28)26-11-10-25-15(22-4)24-9-5-8-23-14-7-6-13(12-27-14)18(19,20)21;/h6-7,12H,5,8-11H2,1-4H3,(H,23,27)(H,26,28)(H2,22,24,25);1H. The van der Waals surface area contributed by atoms with Crippen LogP contribution in [-0.2, 0) is 10.9 Å². The molecule has 0 aliphatic carbocycles. The van der Waals surface area contributed by atoms with E-state index in [0.29, 0.717) is 44.4 Å². The minimum atomic E-state index is -4.39. The van der Waals surface area contributed by atoms with Crippen molar-refractivity contribution in [2.75, 3.05) is 38.5 Å². The van der Waals surface area contributed by atoms with Crippen molar-refractivity contribution in [1.82, 2.24) is 20.9 Å². The minimum Gasteiger partial charge on any atom is -0.444 e. The number of hydrogen-bond donors (Lipinski definition) is 4. The SMILES string of the molecule is CN=C(NCCCNc1ccc(C(F)(F)F)cn1)NCCNC(=O)OC(C)(C)C.I. The first kappa shape index (κ1) is 28.0. The molecule has 30 heavy (non-hydrogen) atoms. The van der Waals surface area contributed by atoms with Crippen molar-refractivity contribution >= 4 is 41.8 Å². The fourth-order valence-electron chi connectivity index (χ4n) is 2.06. The van der Waals surface area contributed by atoms with Crippen LogP contribution in [0, 0.1) is 0 Å². The highest BCUT2D eigenvalue weighted by atomic mass is 127. The molecular formula is C18H30F3IN6O2. The Morgan fingerprint density at radius 1 is 1.07 bits per heavy atom. The van der Waals surface area contributed by atoms with E-state index in [2.05, 4.69) is 31.2 Å². The van der Waals surface area contributed by atoms with Gasteiger partial charge in [0.05, 0.1) is 5.56 Å². The van der Waals surface area contributed by atoms with Gasteiger partial charge in [-0.05, 0) is 39.3 Å². The number of alkyl halides is 3. The van der Waals surface area contributed by atoms with Crippen molar-refractivity contribution in [3.05, 3.63) is 23.9 Å². The molecule has 0 saturated heterocycles. The lowest BCUT2D eigenvalue weighted by molar-refractivity contribution is -0.137. The predicted molar refractivity (Wildman–Crippen MR) is 121 cm³/mol. The van der Waals surface area contributed by atoms with Gasteiger partial charge in [0.15, 0.2) is 5.96 Å². The van der Waals surface area contributed by atoms with Gasteiger partial charge in [-0.1, -0.05) is 0 Å². The van der Waals surface area contributed by atoms with E-state index in [0.717, 1.165) is 12.3 Å². The lowest BCUT2D eigenvalue weighted by Gasteiger charge is -2.20. The molecule has 0 unspecified atom stereocenters. The quantitative estimate of drug-likeness (QED) is 0.173. The average Bonchev–Trinajstić information content (AvgIpc) is 2.61. The molecule has 1 aromatic heterocycles. The van der Waals surface area contributed by atoms with Gasteiger partial charge in [-0.15, -0.1) is 24.0 Å². The van der Waals surface area contributed by atoms with Gasteiger partial charge < -0.3 is 26.0 Å². The molecule has 0 radical (unpaired) electrons. The fourth-order valence-corrected chi connectivity index (χ4v) is 2.06. The fraction of sp³-hybridized carbons (Fsp3) is 0.611. The summed E-state index contributed by atoms with van der Waals surface area (Å²) in [5.74, 6) is 0.956. The summed E-state index contributed by atoms with van der Waals surface area (Å²) < 4.78 is 42.6. The van der Waals surface area contributed by atoms with Gasteiger partial charge in [0.25, 0.3) is 0 Å². The zero-order chi connectivity index (χ0) is 21.9. The van der Waals surface area contributed by atoms with Gasteiger partial charge in [-0.3, -0.25) is 4.99 Å². The van der Waals surface area contributed by atoms with E-state index in [1.165, 1.54) is 6.07 Å². The first-order valence-electron chi connectivity index (χ1n) is 9.20. The number of pyridine rings is 1. The molecule has 1 aromatic rings. The van der Waals surface area contributed by atoms with E-state index in [-0.39, 0.29) is 24.0 Å². The lowest BCUT2D eigenvalue weighted by atomic mass is 10.2. The normalized spacial score (nSPS) is 11.9. The molecule has 0 aliphatic rings. The molecule has 0 aromatic carbocycles. The van der Waals surface area contributed by atoms with Crippen LogP contribution < -0.4 is 21.3 Å². The second kappa shape index (κ2) is 13.3. The molecule has 0 fully saturated rings. The number of alkyl carbamates (subject to hydrolysis) is 1. The number of anilines is 1. The summed E-state index contributed by atoms with van der Waals surface area (Å²) >= 11 is 0. The Balaban J connectivity index is 0.00000841. The Hall–Kier alpha value is -1.99. The summed E-state index contributed by atoms with van der Waals surface area (Å²) in [6, 6.07) is 2.29. The molecule has 1 heterocycles. The van der Waals surface area contributed by atoms with Crippen LogP contribution in [0.15, 0.2) is 23.3 Å². The number of aliphatic imine (C=N–C) groups is 1. The number of rotatable bonds is 8. The number of guanidine groups is 1. The van der Waals surface area contributed by atoms with Crippen LogP contribution in [0.5, 0.6) is 0 Å². The Labute approximate surface area is 191 Å². The van der Waals surface area contributed by atoms with Gasteiger partial charge in [0.2, 0.25) is 0 Å². The number of hydrogen-bond acceptors (Lipinski definition) is 5. The molecule has 8 nitrogen and oxygen atoms in total. The molecule has 0 aliphatic heterocycles. The first-order chi connectivity index (χ1) is 13.5. The highest BCUT2D eigenvalue weighted by molar-refractivity contribution is 14.0. The summed E-state index contributed by atoms with van der Waals surface area (Å²) in [6.45, 7) is 7.33. The van der Waals surface area contributed by atoms with E-state index in [9.17, 15) is 18.0 Å². The van der Waals surface area contributed by atoms with E-state index in [1.807, 2.05) is 0 Å². The van der Waals surface area contributed by atoms with Crippen molar-refractivity contribution in [2.45, 2.75) is 39.0 Å². The molecule has 1 rings (SSSR count). The van der Waals surface area contributed by atoms with Crippen molar-refractivity contribution in [2.24, 2.45) is 4.99 Å². The van der Waals surface area contributed by atoms with Gasteiger partial charge >= 0.3 is 12.3 Å². The van der Waals surface area contributed by atoms with E-state index >= 15 is 0 Å². The zero-order valence-electron chi connectivity index (χ0n) is 17.5. The second-order valence-electron chi connectivity index (χ2n) is 7.06. The predicted octanol–water partition coefficient (Wildman–Crippen LogP) is 3.21. The second-order valence-corrected chi connectivity index (χ2v) is 7.06. The largest absolute Gasteiger partial charge is 0.444 e. The maximum atomic E-state index is 12.5. The number of amides is 1. The number of carbonyl (C=O) groups excluding carboxylic acids is 1. The third-order valence-electron chi connectivity index (χ3n) is 3.35. The lowest BCUT2D eigenvalue weighted by Crippen LogP contribution is -2.42. The van der Waals surface area contributed by atoms with E-state index in [4.69, 9.17) is 4.74 Å². The molecule has 0 bridgehead atoms. The number of nitrogens with zero attached hydrogens (tertiary/aromatic N) is 2. The van der Waals surface area contributed by atoms with Crippen LogP contribution in [0.2, 0.25) is 0 Å². The molecule has 0 atom stereocenters. The maximum Gasteiger partial charge on any atom is 0.417 e. The molecule has 1 amide bonds. The van der Waals surface area contributed by atoms with E-state index in [1.54, 1.807) is 27.8 Å². The number of halogens is 4. The van der Waals surface area contributed by atoms with Crippen LogP contribution >= 0.6 is 24.0 Å². The van der Waals surface area contributed by atoms with Crippen LogP contribution in [0.4, 0.5) is 23.8 Å². The van der Waals surface area contributed by atoms with Crippen molar-refractivity contribution in [3.63, 3.8) is 0 Å². The summed E-state index contributed by atoms with van der Waals surface area (Å²) in [5.41, 5.74) is -1.32. The third-order valence-corrected chi connectivity index (χ3v) is 3.35. The third kappa shape index (κ3) is 12.5. The molecule has 172 valence electrons. The Morgan fingerprint density at radius 2 is 1.70 bits per heavy atom. The molecule has 0 spiro atoms. The minimum absolute atomic E-state index is 0. The number of carbonyl (C=O) groups is 1. The van der Waals surface area contributed by atoms with Gasteiger partial charge in [-0.25, -0.2) is 9.78 Å². The molecule has 12 heteroatoms. The van der Waals surface area contributed by atoms with Crippen LogP contribution in [-0.4, -0.2) is 55.9 Å². The average molecular weight is 546 g/mol. The van der Waals surface area contributed by atoms with E-state index < -0.39 is 23.4 Å². The van der Waals surface area contributed by atoms with Crippen molar-refractivity contribution < 1.29 is 22.7 Å². The Kier molecular flexibility index (Phi) is 12.5. The van der Waals surface area contributed by atoms with Gasteiger partial charge in [0.1, 0.15) is 11.4 Å². The summed E-state index contributed by atoms with van der Waals surface area (Å²) in [5, 5.41) is 11.7. The highest BCUT2D eigenvalue weighted by Crippen LogP contribution is 2.28. The Morgan fingerprint density at radius 3 is 2.23 bits per heavy atom. The molecule has 0 saturated carbocycles. The van der Waals surface area contributed by atoms with Gasteiger partial charge in [0, 0.05) is 39.4 Å². The van der Waals surface area contributed by atoms with Crippen LogP contribution in [0.1, 0.15) is 32.8 Å². The van der Waals surface area contributed by atoms with Gasteiger partial charge in [-0.2, -0.15) is 13.2 Å². The number of ether oxygens (including phenoxy) is 1. The monoisotopic (exact) mass is 546 g/mol.